The van der Waals surface area contributed by atoms with Crippen molar-refractivity contribution < 1.29 is 4.79 Å². The highest BCUT2D eigenvalue weighted by molar-refractivity contribution is 5.78. The Morgan fingerprint density at radius 3 is 2.78 bits per heavy atom. The maximum atomic E-state index is 11.9. The van der Waals surface area contributed by atoms with Crippen molar-refractivity contribution in [1.29, 1.82) is 0 Å². The number of benzene rings is 1. The molecule has 3 nitrogen and oxygen atoms in total. The van der Waals surface area contributed by atoms with Crippen molar-refractivity contribution in [3.8, 4) is 0 Å². The molecule has 0 spiro atoms. The third kappa shape index (κ3) is 1.85. The van der Waals surface area contributed by atoms with Gasteiger partial charge >= 0.3 is 0 Å². The lowest BCUT2D eigenvalue weighted by molar-refractivity contribution is -0.142. The monoisotopic (exact) mass is 242 g/mol. The van der Waals surface area contributed by atoms with Crippen molar-refractivity contribution in [1.82, 2.24) is 10.0 Å². The highest BCUT2D eigenvalue weighted by Crippen LogP contribution is 2.36. The van der Waals surface area contributed by atoms with E-state index in [0.29, 0.717) is 12.5 Å². The fourth-order valence-electron chi connectivity index (χ4n) is 2.89. The standard InChI is InChI=1S/C15H18N2O/c1-2-12-10-14(13-6-4-3-5-7-13)16-9-8-15(18)17(16)11-12/h2-7,14H,8-11H2,1H3/b12-2-. The van der Waals surface area contributed by atoms with Crippen LogP contribution in [0.4, 0.5) is 0 Å². The molecule has 1 atom stereocenters. The SMILES string of the molecule is C/C=C1/CC(c2ccccc2)N2CCC(=O)N2C1. The van der Waals surface area contributed by atoms with Crippen molar-refractivity contribution in [3.63, 3.8) is 0 Å². The van der Waals surface area contributed by atoms with Crippen LogP contribution in [0, 0.1) is 0 Å². The highest BCUT2D eigenvalue weighted by Gasteiger charge is 2.38. The molecule has 1 unspecified atom stereocenters. The predicted molar refractivity (Wildman–Crippen MR) is 70.6 cm³/mol. The number of carbonyl (C=O) groups excluding carboxylic acids is 1. The van der Waals surface area contributed by atoms with Crippen LogP contribution in [-0.4, -0.2) is 29.0 Å². The molecule has 3 heteroatoms. The van der Waals surface area contributed by atoms with E-state index in [2.05, 4.69) is 42.3 Å². The van der Waals surface area contributed by atoms with E-state index in [4.69, 9.17) is 0 Å². The number of hydrogen-bond acceptors (Lipinski definition) is 2. The van der Waals surface area contributed by atoms with Crippen molar-refractivity contribution in [2.75, 3.05) is 13.1 Å². The summed E-state index contributed by atoms with van der Waals surface area (Å²) in [7, 11) is 0. The zero-order valence-corrected chi connectivity index (χ0v) is 10.7. The highest BCUT2D eigenvalue weighted by atomic mass is 16.2. The molecule has 18 heavy (non-hydrogen) atoms. The molecule has 1 amide bonds. The van der Waals surface area contributed by atoms with Crippen LogP contribution in [0.3, 0.4) is 0 Å². The van der Waals surface area contributed by atoms with Crippen LogP contribution >= 0.6 is 0 Å². The smallest absolute Gasteiger partial charge is 0.238 e. The van der Waals surface area contributed by atoms with Crippen LogP contribution < -0.4 is 0 Å². The summed E-state index contributed by atoms with van der Waals surface area (Å²) in [6, 6.07) is 10.8. The minimum absolute atomic E-state index is 0.259. The molecule has 0 bridgehead atoms. The molecular formula is C15H18N2O. The van der Waals surface area contributed by atoms with Gasteiger partial charge in [-0.3, -0.25) is 9.80 Å². The van der Waals surface area contributed by atoms with Gasteiger partial charge < -0.3 is 0 Å². The van der Waals surface area contributed by atoms with Gasteiger partial charge in [-0.2, -0.15) is 0 Å². The zero-order chi connectivity index (χ0) is 12.5. The maximum Gasteiger partial charge on any atom is 0.238 e. The van der Waals surface area contributed by atoms with Gasteiger partial charge in [0.25, 0.3) is 0 Å². The Morgan fingerprint density at radius 2 is 2.06 bits per heavy atom. The Kier molecular flexibility index (Phi) is 2.92. The van der Waals surface area contributed by atoms with E-state index >= 15 is 0 Å². The molecule has 0 aliphatic carbocycles. The fraction of sp³-hybridized carbons (Fsp3) is 0.400. The lowest BCUT2D eigenvalue weighted by Crippen LogP contribution is -2.46. The van der Waals surface area contributed by atoms with E-state index in [1.807, 2.05) is 11.1 Å². The van der Waals surface area contributed by atoms with Gasteiger partial charge in [0.05, 0.1) is 12.6 Å². The quantitative estimate of drug-likeness (QED) is 0.706. The molecule has 2 heterocycles. The Morgan fingerprint density at radius 1 is 1.28 bits per heavy atom. The predicted octanol–water partition coefficient (Wildman–Crippen LogP) is 2.53. The molecule has 94 valence electrons. The second-order valence-electron chi connectivity index (χ2n) is 4.94. The van der Waals surface area contributed by atoms with Crippen LogP contribution in [0.2, 0.25) is 0 Å². The molecule has 1 aromatic carbocycles. The van der Waals surface area contributed by atoms with Gasteiger partial charge in [-0.1, -0.05) is 42.0 Å². The minimum Gasteiger partial charge on any atom is -0.273 e. The molecule has 0 N–H and O–H groups in total. The summed E-state index contributed by atoms with van der Waals surface area (Å²) in [4.78, 5) is 11.9. The molecule has 2 fully saturated rings. The summed E-state index contributed by atoms with van der Waals surface area (Å²) < 4.78 is 0. The van der Waals surface area contributed by atoms with Gasteiger partial charge in [-0.15, -0.1) is 0 Å². The van der Waals surface area contributed by atoms with Crippen molar-refractivity contribution in [3.05, 3.63) is 47.5 Å². The maximum absolute atomic E-state index is 11.9. The molecule has 0 radical (unpaired) electrons. The van der Waals surface area contributed by atoms with Gasteiger partial charge in [-0.25, -0.2) is 5.01 Å². The average Bonchev–Trinajstić information content (AvgIpc) is 2.80. The first kappa shape index (κ1) is 11.5. The first-order valence-electron chi connectivity index (χ1n) is 6.55. The Bertz CT molecular complexity index is 481. The summed E-state index contributed by atoms with van der Waals surface area (Å²) in [5.41, 5.74) is 2.66. The number of hydrazine groups is 1. The van der Waals surface area contributed by atoms with Gasteiger partial charge in [0.2, 0.25) is 5.91 Å². The molecule has 3 rings (SSSR count). The Hall–Kier alpha value is -1.61. The summed E-state index contributed by atoms with van der Waals surface area (Å²) in [6.07, 6.45) is 3.84. The normalized spacial score (nSPS) is 26.7. The summed E-state index contributed by atoms with van der Waals surface area (Å²) in [5, 5.41) is 4.17. The molecule has 2 saturated heterocycles. The van der Waals surface area contributed by atoms with Gasteiger partial charge in [-0.05, 0) is 18.9 Å². The number of rotatable bonds is 1. The molecule has 2 aliphatic heterocycles. The molecule has 0 aromatic heterocycles. The van der Waals surface area contributed by atoms with Crippen LogP contribution in [0.1, 0.15) is 31.4 Å². The van der Waals surface area contributed by atoms with Crippen molar-refractivity contribution >= 4 is 5.91 Å². The summed E-state index contributed by atoms with van der Waals surface area (Å²) in [5.74, 6) is 0.259. The number of carbonyl (C=O) groups is 1. The van der Waals surface area contributed by atoms with E-state index in [9.17, 15) is 4.79 Å². The van der Waals surface area contributed by atoms with Gasteiger partial charge in [0, 0.05) is 13.0 Å². The van der Waals surface area contributed by atoms with E-state index in [1.165, 1.54) is 11.1 Å². The van der Waals surface area contributed by atoms with Crippen molar-refractivity contribution in [2.45, 2.75) is 25.8 Å². The van der Waals surface area contributed by atoms with Crippen molar-refractivity contribution in [2.24, 2.45) is 0 Å². The second-order valence-corrected chi connectivity index (χ2v) is 4.94. The van der Waals surface area contributed by atoms with E-state index in [1.54, 1.807) is 0 Å². The van der Waals surface area contributed by atoms with Crippen LogP contribution in [0.15, 0.2) is 42.0 Å². The van der Waals surface area contributed by atoms with Crippen LogP contribution in [0.25, 0.3) is 0 Å². The Labute approximate surface area is 108 Å². The van der Waals surface area contributed by atoms with Crippen LogP contribution in [-0.2, 0) is 4.79 Å². The lowest BCUT2D eigenvalue weighted by atomic mass is 9.96. The largest absolute Gasteiger partial charge is 0.273 e. The summed E-state index contributed by atoms with van der Waals surface area (Å²) in [6.45, 7) is 3.70. The number of nitrogens with zero attached hydrogens (tertiary/aromatic N) is 2. The van der Waals surface area contributed by atoms with E-state index in [0.717, 1.165) is 19.5 Å². The van der Waals surface area contributed by atoms with E-state index in [-0.39, 0.29) is 5.91 Å². The number of hydrogen-bond donors (Lipinski definition) is 0. The topological polar surface area (TPSA) is 23.6 Å². The number of allylic oxidation sites excluding steroid dienone is 1. The molecule has 1 aromatic rings. The fourth-order valence-corrected chi connectivity index (χ4v) is 2.89. The minimum atomic E-state index is 0.259. The lowest BCUT2D eigenvalue weighted by Gasteiger charge is -2.41. The molecular weight excluding hydrogens is 224 g/mol. The summed E-state index contributed by atoms with van der Waals surface area (Å²) >= 11 is 0. The molecule has 0 saturated carbocycles. The number of amides is 1. The first-order valence-corrected chi connectivity index (χ1v) is 6.55. The first-order chi connectivity index (χ1) is 8.79. The second kappa shape index (κ2) is 4.58. The number of fused-ring (bicyclic) bond motifs is 1. The van der Waals surface area contributed by atoms with E-state index < -0.39 is 0 Å². The third-order valence-electron chi connectivity index (χ3n) is 3.91. The average molecular weight is 242 g/mol. The van der Waals surface area contributed by atoms with Gasteiger partial charge in [0.1, 0.15) is 0 Å². The Balaban J connectivity index is 1.95. The third-order valence-corrected chi connectivity index (χ3v) is 3.91. The molecule has 2 aliphatic rings. The van der Waals surface area contributed by atoms with Gasteiger partial charge in [0.15, 0.2) is 0 Å². The zero-order valence-electron chi connectivity index (χ0n) is 10.7. The van der Waals surface area contributed by atoms with Crippen LogP contribution in [0.5, 0.6) is 0 Å².